The number of aromatic nitrogens is 6. The van der Waals surface area contributed by atoms with Gasteiger partial charge in [-0.05, 0) is 76.5 Å². The topological polar surface area (TPSA) is 92.6 Å². The van der Waals surface area contributed by atoms with E-state index in [9.17, 15) is 4.79 Å². The Kier molecular flexibility index (Phi) is 7.22. The Labute approximate surface area is 231 Å². The van der Waals surface area contributed by atoms with Crippen molar-refractivity contribution in [2.45, 2.75) is 57.8 Å². The van der Waals surface area contributed by atoms with Gasteiger partial charge in [0, 0.05) is 41.6 Å². The second-order valence-electron chi connectivity index (χ2n) is 10.3. The standard InChI is InChI=1S/C30H30ClN7O/c1-20-12-13-22-16-25(30(39)33-27(22)15-20)28(29-34-35-36-38(29)24-9-3-4-10-24)37(18-21-7-6-14-32-17-21)19-23-8-2-5-11-26(23)31/h2,5-8,11-17,24,28H,3-4,9-10,18-19H2,1H3,(H,33,39). The van der Waals surface area contributed by atoms with E-state index >= 15 is 0 Å². The van der Waals surface area contributed by atoms with Gasteiger partial charge in [0.25, 0.3) is 5.56 Å². The van der Waals surface area contributed by atoms with Crippen molar-refractivity contribution in [3.8, 4) is 0 Å². The monoisotopic (exact) mass is 539 g/mol. The SMILES string of the molecule is Cc1ccc2cc(C(c3nnnn3C3CCCC3)N(Cc3cccnc3)Cc3ccccc3Cl)c(=O)[nH]c2c1. The van der Waals surface area contributed by atoms with Crippen LogP contribution in [-0.4, -0.2) is 35.1 Å². The lowest BCUT2D eigenvalue weighted by molar-refractivity contribution is 0.190. The first kappa shape index (κ1) is 25.4. The Hall–Kier alpha value is -3.88. The van der Waals surface area contributed by atoms with E-state index in [2.05, 4.69) is 36.5 Å². The van der Waals surface area contributed by atoms with E-state index < -0.39 is 6.04 Å². The Morgan fingerprint density at radius 2 is 1.92 bits per heavy atom. The Bertz CT molecular complexity index is 1640. The maximum Gasteiger partial charge on any atom is 0.253 e. The molecule has 1 aliphatic rings. The molecule has 2 aromatic carbocycles. The lowest BCUT2D eigenvalue weighted by Gasteiger charge is -2.32. The number of rotatable bonds is 8. The van der Waals surface area contributed by atoms with Gasteiger partial charge in [-0.25, -0.2) is 4.68 Å². The molecule has 1 atom stereocenters. The van der Waals surface area contributed by atoms with Crippen LogP contribution in [0.2, 0.25) is 5.02 Å². The Balaban J connectivity index is 1.54. The van der Waals surface area contributed by atoms with Gasteiger partial charge in [-0.2, -0.15) is 0 Å². The Morgan fingerprint density at radius 1 is 1.08 bits per heavy atom. The van der Waals surface area contributed by atoms with Gasteiger partial charge in [-0.3, -0.25) is 14.7 Å². The second-order valence-corrected chi connectivity index (χ2v) is 10.7. The molecule has 198 valence electrons. The third-order valence-electron chi connectivity index (χ3n) is 7.56. The smallest absolute Gasteiger partial charge is 0.253 e. The van der Waals surface area contributed by atoms with Crippen molar-refractivity contribution in [3.05, 3.63) is 117 Å². The second kappa shape index (κ2) is 11.1. The summed E-state index contributed by atoms with van der Waals surface area (Å²) in [4.78, 5) is 23.5. The van der Waals surface area contributed by atoms with Crippen LogP contribution < -0.4 is 5.56 Å². The molecule has 0 aliphatic heterocycles. The number of benzene rings is 2. The van der Waals surface area contributed by atoms with Crippen LogP contribution in [0.5, 0.6) is 0 Å². The average molecular weight is 540 g/mol. The zero-order chi connectivity index (χ0) is 26.8. The zero-order valence-electron chi connectivity index (χ0n) is 21.8. The maximum atomic E-state index is 13.8. The average Bonchev–Trinajstić information content (AvgIpc) is 3.64. The molecule has 1 aliphatic carbocycles. The van der Waals surface area contributed by atoms with Crippen molar-refractivity contribution in [3.63, 3.8) is 0 Å². The fourth-order valence-corrected chi connectivity index (χ4v) is 5.83. The number of nitrogens with zero attached hydrogens (tertiary/aromatic N) is 6. The summed E-state index contributed by atoms with van der Waals surface area (Å²) >= 11 is 6.65. The van der Waals surface area contributed by atoms with Gasteiger partial charge < -0.3 is 4.98 Å². The summed E-state index contributed by atoms with van der Waals surface area (Å²) in [6.45, 7) is 3.03. The summed E-state index contributed by atoms with van der Waals surface area (Å²) in [7, 11) is 0. The number of hydrogen-bond donors (Lipinski definition) is 1. The first-order valence-corrected chi connectivity index (χ1v) is 13.7. The van der Waals surface area contributed by atoms with Gasteiger partial charge >= 0.3 is 0 Å². The van der Waals surface area contributed by atoms with Crippen LogP contribution in [0.15, 0.2) is 77.9 Å². The summed E-state index contributed by atoms with van der Waals surface area (Å²) in [6.07, 6.45) is 7.93. The van der Waals surface area contributed by atoms with E-state index in [4.69, 9.17) is 11.6 Å². The molecule has 3 aromatic heterocycles. The highest BCUT2D eigenvalue weighted by Crippen LogP contribution is 2.35. The molecule has 3 heterocycles. The molecule has 39 heavy (non-hydrogen) atoms. The van der Waals surface area contributed by atoms with Crippen molar-refractivity contribution < 1.29 is 0 Å². The normalized spacial score (nSPS) is 14.8. The number of nitrogens with one attached hydrogen (secondary N) is 1. The number of fused-ring (bicyclic) bond motifs is 1. The molecule has 0 bridgehead atoms. The molecule has 5 aromatic rings. The summed E-state index contributed by atoms with van der Waals surface area (Å²) in [5, 5.41) is 14.7. The molecular formula is C30H30ClN7O. The van der Waals surface area contributed by atoms with Crippen molar-refractivity contribution >= 4 is 22.5 Å². The van der Waals surface area contributed by atoms with Crippen molar-refractivity contribution in [2.24, 2.45) is 0 Å². The summed E-state index contributed by atoms with van der Waals surface area (Å²) in [6, 6.07) is 19.5. The Morgan fingerprint density at radius 3 is 2.72 bits per heavy atom. The van der Waals surface area contributed by atoms with E-state index in [0.717, 1.165) is 53.3 Å². The summed E-state index contributed by atoms with van der Waals surface area (Å²) in [5.74, 6) is 0.662. The number of pyridine rings is 2. The zero-order valence-corrected chi connectivity index (χ0v) is 22.6. The maximum absolute atomic E-state index is 13.8. The molecule has 9 heteroatoms. The predicted octanol–water partition coefficient (Wildman–Crippen LogP) is 5.78. The summed E-state index contributed by atoms with van der Waals surface area (Å²) < 4.78 is 1.94. The van der Waals surface area contributed by atoms with Crippen molar-refractivity contribution in [1.29, 1.82) is 0 Å². The van der Waals surface area contributed by atoms with Crippen LogP contribution in [-0.2, 0) is 13.1 Å². The molecule has 1 fully saturated rings. The van der Waals surface area contributed by atoms with E-state index in [1.54, 1.807) is 6.20 Å². The highest BCUT2D eigenvalue weighted by Gasteiger charge is 2.33. The summed E-state index contributed by atoms with van der Waals surface area (Å²) in [5.41, 5.74) is 4.31. The number of halogens is 1. The lowest BCUT2D eigenvalue weighted by Crippen LogP contribution is -2.35. The third kappa shape index (κ3) is 5.35. The number of hydrogen-bond acceptors (Lipinski definition) is 6. The van der Waals surface area contributed by atoms with Gasteiger partial charge in [0.15, 0.2) is 5.82 Å². The van der Waals surface area contributed by atoms with Gasteiger partial charge in [-0.1, -0.05) is 60.8 Å². The highest BCUT2D eigenvalue weighted by atomic mass is 35.5. The largest absolute Gasteiger partial charge is 0.322 e. The quantitative estimate of drug-likeness (QED) is 0.269. The van der Waals surface area contributed by atoms with E-state index in [1.807, 2.05) is 72.4 Å². The van der Waals surface area contributed by atoms with Gasteiger partial charge in [0.05, 0.1) is 6.04 Å². The highest BCUT2D eigenvalue weighted by molar-refractivity contribution is 6.31. The van der Waals surface area contributed by atoms with Crippen molar-refractivity contribution in [2.75, 3.05) is 0 Å². The fraction of sp³-hybridized carbons (Fsp3) is 0.300. The number of aryl methyl sites for hydroxylation is 1. The number of aromatic amines is 1. The van der Waals surface area contributed by atoms with Crippen LogP contribution in [0.3, 0.4) is 0 Å². The number of H-pyrrole nitrogens is 1. The number of tetrazole rings is 1. The van der Waals surface area contributed by atoms with Crippen LogP contribution in [0.4, 0.5) is 0 Å². The predicted molar refractivity (Wildman–Crippen MR) is 151 cm³/mol. The first-order valence-electron chi connectivity index (χ1n) is 13.3. The van der Waals surface area contributed by atoms with Crippen LogP contribution in [0, 0.1) is 6.92 Å². The molecule has 0 spiro atoms. The molecular weight excluding hydrogens is 510 g/mol. The third-order valence-corrected chi connectivity index (χ3v) is 7.93. The fourth-order valence-electron chi connectivity index (χ4n) is 5.63. The lowest BCUT2D eigenvalue weighted by atomic mass is 10.0. The molecule has 0 amide bonds. The van der Waals surface area contributed by atoms with Crippen LogP contribution >= 0.6 is 11.6 Å². The molecule has 1 N–H and O–H groups in total. The van der Waals surface area contributed by atoms with E-state index in [1.165, 1.54) is 0 Å². The molecule has 0 saturated heterocycles. The minimum atomic E-state index is -0.522. The minimum Gasteiger partial charge on any atom is -0.322 e. The van der Waals surface area contributed by atoms with Gasteiger partial charge in [0.1, 0.15) is 6.04 Å². The molecule has 8 nitrogen and oxygen atoms in total. The van der Waals surface area contributed by atoms with Crippen LogP contribution in [0.25, 0.3) is 10.9 Å². The molecule has 6 rings (SSSR count). The molecule has 1 saturated carbocycles. The van der Waals surface area contributed by atoms with E-state index in [-0.39, 0.29) is 11.6 Å². The molecule has 1 unspecified atom stereocenters. The van der Waals surface area contributed by atoms with Crippen molar-refractivity contribution in [1.82, 2.24) is 35.1 Å². The molecule has 0 radical (unpaired) electrons. The first-order chi connectivity index (χ1) is 19.1. The van der Waals surface area contributed by atoms with Gasteiger partial charge in [0.2, 0.25) is 0 Å². The van der Waals surface area contributed by atoms with Gasteiger partial charge in [-0.15, -0.1) is 5.10 Å². The minimum absolute atomic E-state index is 0.158. The van der Waals surface area contributed by atoms with Crippen LogP contribution in [0.1, 0.15) is 65.8 Å². The van der Waals surface area contributed by atoms with E-state index in [0.29, 0.717) is 29.5 Å².